The van der Waals surface area contributed by atoms with E-state index in [0.29, 0.717) is 5.02 Å². The van der Waals surface area contributed by atoms with E-state index in [2.05, 4.69) is 61.7 Å². The van der Waals surface area contributed by atoms with E-state index in [4.69, 9.17) is 11.6 Å². The standard InChI is InChI=1S/C32H38ClNO/c1-6-14-26(16-13-19-27-17-11-12-20-30(27)32(3,4)35)23-25(7-2)15-9-8-10-18-28-21-22-29(33)24-31(28)34-5/h7,9-12,14-15,17-18,20-24,35H,2,5-6,8,13,16,19H2,1,3-4H3/b15-9+,18-10-,25-23+,26-14-. The Balaban J connectivity index is 2.00. The van der Waals surface area contributed by atoms with Crippen molar-refractivity contribution >= 4 is 30.1 Å². The fourth-order valence-electron chi connectivity index (χ4n) is 3.98. The molecule has 0 aliphatic heterocycles. The fraction of sp³-hybridized carbons (Fsp3) is 0.281. The molecule has 0 aliphatic carbocycles. The molecule has 0 unspecified atom stereocenters. The molecule has 0 atom stereocenters. The number of allylic oxidation sites excluding steroid dienone is 8. The Hall–Kier alpha value is -2.94. The summed E-state index contributed by atoms with van der Waals surface area (Å²) in [6.45, 7) is 13.5. The molecule has 0 saturated heterocycles. The molecule has 184 valence electrons. The van der Waals surface area contributed by atoms with Crippen LogP contribution in [-0.2, 0) is 12.0 Å². The minimum atomic E-state index is -0.828. The molecule has 0 aliphatic rings. The molecule has 2 rings (SSSR count). The number of halogens is 1. The summed E-state index contributed by atoms with van der Waals surface area (Å²) in [5.41, 5.74) is 5.58. The Kier molecular flexibility index (Phi) is 11.7. The fourth-order valence-corrected chi connectivity index (χ4v) is 4.14. The number of benzene rings is 2. The van der Waals surface area contributed by atoms with Gasteiger partial charge in [0, 0.05) is 5.02 Å². The summed E-state index contributed by atoms with van der Waals surface area (Å²) < 4.78 is 0. The molecule has 0 saturated carbocycles. The largest absolute Gasteiger partial charge is 0.386 e. The zero-order valence-corrected chi connectivity index (χ0v) is 22.1. The van der Waals surface area contributed by atoms with Crippen molar-refractivity contribution in [1.82, 2.24) is 0 Å². The van der Waals surface area contributed by atoms with Gasteiger partial charge in [0.1, 0.15) is 0 Å². The number of nitrogens with zero attached hydrogens (tertiary/aromatic N) is 1. The number of hydrogen-bond donors (Lipinski definition) is 1. The molecular weight excluding hydrogens is 450 g/mol. The highest BCUT2D eigenvalue weighted by Gasteiger charge is 2.18. The van der Waals surface area contributed by atoms with Gasteiger partial charge in [-0.25, -0.2) is 0 Å². The molecule has 0 spiro atoms. The highest BCUT2D eigenvalue weighted by atomic mass is 35.5. The van der Waals surface area contributed by atoms with Gasteiger partial charge in [-0.3, -0.25) is 4.99 Å². The van der Waals surface area contributed by atoms with E-state index < -0.39 is 5.60 Å². The van der Waals surface area contributed by atoms with Crippen LogP contribution < -0.4 is 0 Å². The maximum atomic E-state index is 10.5. The van der Waals surface area contributed by atoms with E-state index >= 15 is 0 Å². The molecule has 0 radical (unpaired) electrons. The van der Waals surface area contributed by atoms with Crippen LogP contribution in [0, 0.1) is 0 Å². The third-order valence-corrected chi connectivity index (χ3v) is 5.92. The summed E-state index contributed by atoms with van der Waals surface area (Å²) in [6.07, 6.45) is 19.5. The highest BCUT2D eigenvalue weighted by molar-refractivity contribution is 6.30. The van der Waals surface area contributed by atoms with Gasteiger partial charge >= 0.3 is 0 Å². The number of aryl methyl sites for hydroxylation is 1. The van der Waals surface area contributed by atoms with Crippen LogP contribution in [-0.4, -0.2) is 11.8 Å². The van der Waals surface area contributed by atoms with Crippen LogP contribution in [0.4, 0.5) is 5.69 Å². The van der Waals surface area contributed by atoms with E-state index in [1.165, 1.54) is 11.1 Å². The SMILES string of the molecule is C=CC(/C=C/C/C=C\c1ccc(Cl)cc1N=C)=C\C(=C/CC)CCCc1ccccc1C(C)(C)O. The highest BCUT2D eigenvalue weighted by Crippen LogP contribution is 2.26. The quantitative estimate of drug-likeness (QED) is 0.221. The van der Waals surface area contributed by atoms with Crippen LogP contribution in [0.5, 0.6) is 0 Å². The van der Waals surface area contributed by atoms with Gasteiger partial charge in [0.25, 0.3) is 0 Å². The average Bonchev–Trinajstić information content (AvgIpc) is 2.83. The lowest BCUT2D eigenvalue weighted by Crippen LogP contribution is -2.17. The monoisotopic (exact) mass is 487 g/mol. The Morgan fingerprint density at radius 3 is 2.60 bits per heavy atom. The first-order valence-electron chi connectivity index (χ1n) is 12.2. The summed E-state index contributed by atoms with van der Waals surface area (Å²) in [5, 5.41) is 11.1. The zero-order valence-electron chi connectivity index (χ0n) is 21.3. The topological polar surface area (TPSA) is 32.6 Å². The van der Waals surface area contributed by atoms with Gasteiger partial charge in [0.15, 0.2) is 0 Å². The summed E-state index contributed by atoms with van der Waals surface area (Å²) in [4.78, 5) is 4.04. The van der Waals surface area contributed by atoms with Crippen molar-refractivity contribution in [1.29, 1.82) is 0 Å². The second-order valence-electron chi connectivity index (χ2n) is 9.01. The van der Waals surface area contributed by atoms with Crippen LogP contribution >= 0.6 is 11.6 Å². The zero-order chi connectivity index (χ0) is 25.7. The number of aliphatic imine (C=N–C) groups is 1. The Labute approximate surface area is 216 Å². The summed E-state index contributed by atoms with van der Waals surface area (Å²) >= 11 is 6.03. The predicted molar refractivity (Wildman–Crippen MR) is 155 cm³/mol. The Morgan fingerprint density at radius 1 is 1.14 bits per heavy atom. The third-order valence-electron chi connectivity index (χ3n) is 5.68. The average molecular weight is 488 g/mol. The lowest BCUT2D eigenvalue weighted by molar-refractivity contribution is 0.0776. The van der Waals surface area contributed by atoms with Crippen LogP contribution in [0.1, 0.15) is 63.1 Å². The minimum absolute atomic E-state index is 0.655. The molecule has 35 heavy (non-hydrogen) atoms. The molecule has 2 aromatic carbocycles. The molecule has 2 nitrogen and oxygen atoms in total. The van der Waals surface area contributed by atoms with Gasteiger partial charge in [0.05, 0.1) is 11.3 Å². The summed E-state index contributed by atoms with van der Waals surface area (Å²) in [7, 11) is 0. The molecule has 0 heterocycles. The first-order valence-corrected chi connectivity index (χ1v) is 12.6. The van der Waals surface area contributed by atoms with Crippen molar-refractivity contribution in [2.75, 3.05) is 0 Å². The predicted octanol–water partition coefficient (Wildman–Crippen LogP) is 9.33. The van der Waals surface area contributed by atoms with Crippen molar-refractivity contribution in [2.45, 2.75) is 58.5 Å². The normalized spacial score (nSPS) is 13.1. The first-order chi connectivity index (χ1) is 16.8. The van der Waals surface area contributed by atoms with Crippen LogP contribution in [0.2, 0.25) is 5.02 Å². The van der Waals surface area contributed by atoms with Gasteiger partial charge in [-0.2, -0.15) is 0 Å². The summed E-state index contributed by atoms with van der Waals surface area (Å²) in [6, 6.07) is 13.8. The smallest absolute Gasteiger partial charge is 0.0843 e. The van der Waals surface area contributed by atoms with E-state index in [1.807, 2.05) is 62.4 Å². The maximum Gasteiger partial charge on any atom is 0.0843 e. The van der Waals surface area contributed by atoms with Crippen LogP contribution in [0.3, 0.4) is 0 Å². The molecule has 2 aromatic rings. The first kappa shape index (κ1) is 28.3. The van der Waals surface area contributed by atoms with E-state index in [9.17, 15) is 5.11 Å². The Morgan fingerprint density at radius 2 is 1.91 bits per heavy atom. The lowest BCUT2D eigenvalue weighted by Gasteiger charge is -2.21. The molecule has 0 aromatic heterocycles. The third kappa shape index (κ3) is 9.68. The van der Waals surface area contributed by atoms with Gasteiger partial charge in [-0.05, 0) is 87.1 Å². The van der Waals surface area contributed by atoms with Crippen molar-refractivity contribution in [2.24, 2.45) is 4.99 Å². The number of aliphatic hydroxyl groups is 1. The summed E-state index contributed by atoms with van der Waals surface area (Å²) in [5.74, 6) is 0. The van der Waals surface area contributed by atoms with Crippen molar-refractivity contribution in [3.63, 3.8) is 0 Å². The molecular formula is C32H38ClNO. The van der Waals surface area contributed by atoms with Crippen LogP contribution in [0.15, 0.2) is 102 Å². The molecule has 0 amide bonds. The lowest BCUT2D eigenvalue weighted by atomic mass is 9.90. The number of hydrogen-bond acceptors (Lipinski definition) is 2. The maximum absolute atomic E-state index is 10.5. The van der Waals surface area contributed by atoms with Crippen LogP contribution in [0.25, 0.3) is 6.08 Å². The van der Waals surface area contributed by atoms with Gasteiger partial charge in [-0.15, -0.1) is 0 Å². The molecule has 1 N–H and O–H groups in total. The molecule has 3 heteroatoms. The minimum Gasteiger partial charge on any atom is -0.386 e. The Bertz CT molecular complexity index is 1110. The van der Waals surface area contributed by atoms with Gasteiger partial charge in [-0.1, -0.05) is 104 Å². The van der Waals surface area contributed by atoms with E-state index in [0.717, 1.165) is 54.5 Å². The second-order valence-corrected chi connectivity index (χ2v) is 9.44. The second kappa shape index (κ2) is 14.5. The van der Waals surface area contributed by atoms with E-state index in [1.54, 1.807) is 0 Å². The van der Waals surface area contributed by atoms with Crippen molar-refractivity contribution in [3.05, 3.63) is 118 Å². The van der Waals surface area contributed by atoms with Gasteiger partial charge < -0.3 is 5.11 Å². The van der Waals surface area contributed by atoms with Crippen molar-refractivity contribution in [3.8, 4) is 0 Å². The number of rotatable bonds is 13. The molecule has 0 bridgehead atoms. The van der Waals surface area contributed by atoms with Gasteiger partial charge in [0.2, 0.25) is 0 Å². The molecule has 0 fully saturated rings. The van der Waals surface area contributed by atoms with Crippen molar-refractivity contribution < 1.29 is 5.11 Å². The van der Waals surface area contributed by atoms with E-state index in [-0.39, 0.29) is 0 Å².